The zero-order chi connectivity index (χ0) is 27.1. The van der Waals surface area contributed by atoms with Crippen LogP contribution in [0.1, 0.15) is 40.2 Å². The molecule has 0 aliphatic carbocycles. The van der Waals surface area contributed by atoms with Gasteiger partial charge in [0.25, 0.3) is 5.69 Å². The van der Waals surface area contributed by atoms with Crippen molar-refractivity contribution in [1.29, 1.82) is 0 Å². The molecule has 0 saturated heterocycles. The van der Waals surface area contributed by atoms with E-state index < -0.39 is 38.8 Å². The molecule has 198 valence electrons. The highest BCUT2D eigenvalue weighted by Crippen LogP contribution is 2.22. The first-order valence-electron chi connectivity index (χ1n) is 11.6. The second-order valence-electron chi connectivity index (χ2n) is 9.98. The van der Waals surface area contributed by atoms with Crippen molar-refractivity contribution in [3.63, 3.8) is 0 Å². The second kappa shape index (κ2) is 12.3. The van der Waals surface area contributed by atoms with Gasteiger partial charge < -0.3 is 15.2 Å². The number of benzene rings is 2. The lowest BCUT2D eigenvalue weighted by molar-refractivity contribution is -0.384. The van der Waals surface area contributed by atoms with Crippen molar-refractivity contribution in [3.05, 3.63) is 70.3 Å². The Morgan fingerprint density at radius 2 is 1.67 bits per heavy atom. The van der Waals surface area contributed by atoms with E-state index >= 15 is 0 Å². The standard InChI is InChI=1S/C25H35N3O7S/c1-18(2)16-27(36(33,34)21-13-11-20(12-14-21)28(31)32)17-23(29)22(15-19-9-7-6-8-10-19)26-24(30)35-25(3,4)5/h6-14,18,22-23,29H,15-17H2,1-5H3,(H,26,30)/t22-,23-/m1/s1. The normalized spacial score (nSPS) is 13.9. The van der Waals surface area contributed by atoms with E-state index in [0.29, 0.717) is 0 Å². The lowest BCUT2D eigenvalue weighted by atomic mass is 10.0. The first-order chi connectivity index (χ1) is 16.7. The maximum Gasteiger partial charge on any atom is 0.407 e. The minimum Gasteiger partial charge on any atom is -0.444 e. The van der Waals surface area contributed by atoms with E-state index in [1.807, 2.05) is 44.2 Å². The molecule has 0 fully saturated rings. The van der Waals surface area contributed by atoms with Gasteiger partial charge in [-0.2, -0.15) is 4.31 Å². The van der Waals surface area contributed by atoms with Gasteiger partial charge in [0.1, 0.15) is 5.60 Å². The Morgan fingerprint density at radius 1 is 1.08 bits per heavy atom. The number of rotatable bonds is 11. The summed E-state index contributed by atoms with van der Waals surface area (Å²) in [4.78, 5) is 22.7. The number of nitrogens with one attached hydrogen (secondary N) is 1. The minimum absolute atomic E-state index is 0.0728. The highest BCUT2D eigenvalue weighted by molar-refractivity contribution is 7.89. The summed E-state index contributed by atoms with van der Waals surface area (Å²) >= 11 is 0. The van der Waals surface area contributed by atoms with Crippen molar-refractivity contribution in [3.8, 4) is 0 Å². The van der Waals surface area contributed by atoms with Crippen LogP contribution >= 0.6 is 0 Å². The van der Waals surface area contributed by atoms with Crippen LogP contribution in [0.4, 0.5) is 10.5 Å². The molecule has 11 heteroatoms. The Balaban J connectivity index is 2.33. The van der Waals surface area contributed by atoms with Crippen LogP contribution in [0.5, 0.6) is 0 Å². The average molecular weight is 522 g/mol. The highest BCUT2D eigenvalue weighted by Gasteiger charge is 2.32. The Kier molecular flexibility index (Phi) is 9.97. The Bertz CT molecular complexity index is 1110. The molecule has 0 heterocycles. The van der Waals surface area contributed by atoms with Crippen LogP contribution in [-0.2, 0) is 21.2 Å². The zero-order valence-corrected chi connectivity index (χ0v) is 22.1. The van der Waals surface area contributed by atoms with Crippen molar-refractivity contribution in [2.45, 2.75) is 63.7 Å². The number of hydrogen-bond donors (Lipinski definition) is 2. The van der Waals surface area contributed by atoms with Gasteiger partial charge in [-0.3, -0.25) is 10.1 Å². The Hall–Kier alpha value is -3.02. The van der Waals surface area contributed by atoms with Crippen LogP contribution in [0.2, 0.25) is 0 Å². The smallest absolute Gasteiger partial charge is 0.407 e. The lowest BCUT2D eigenvalue weighted by Crippen LogP contribution is -2.51. The number of carbonyl (C=O) groups is 1. The summed E-state index contributed by atoms with van der Waals surface area (Å²) < 4.78 is 33.3. The number of aliphatic hydroxyl groups excluding tert-OH is 1. The fourth-order valence-electron chi connectivity index (χ4n) is 3.51. The number of aliphatic hydroxyl groups is 1. The van der Waals surface area contributed by atoms with Gasteiger partial charge >= 0.3 is 6.09 Å². The number of alkyl carbamates (subject to hydrolysis) is 1. The van der Waals surface area contributed by atoms with Crippen molar-refractivity contribution in [1.82, 2.24) is 9.62 Å². The molecule has 2 rings (SSSR count). The number of non-ortho nitro benzene ring substituents is 1. The highest BCUT2D eigenvalue weighted by atomic mass is 32.2. The molecule has 0 saturated carbocycles. The van der Waals surface area contributed by atoms with Gasteiger partial charge in [0.2, 0.25) is 10.0 Å². The van der Waals surface area contributed by atoms with Crippen LogP contribution in [-0.4, -0.2) is 59.7 Å². The topological polar surface area (TPSA) is 139 Å². The van der Waals surface area contributed by atoms with E-state index in [1.54, 1.807) is 20.8 Å². The summed E-state index contributed by atoms with van der Waals surface area (Å²) in [6, 6.07) is 12.9. The van der Waals surface area contributed by atoms with Crippen molar-refractivity contribution in [2.75, 3.05) is 13.1 Å². The van der Waals surface area contributed by atoms with Gasteiger partial charge in [-0.25, -0.2) is 13.2 Å². The van der Waals surface area contributed by atoms with Crippen LogP contribution in [0.3, 0.4) is 0 Å². The third-order valence-electron chi connectivity index (χ3n) is 5.11. The Morgan fingerprint density at radius 3 is 2.17 bits per heavy atom. The molecule has 0 aliphatic heterocycles. The SMILES string of the molecule is CC(C)CN(C[C@@H](O)[C@@H](Cc1ccccc1)NC(=O)OC(C)(C)C)S(=O)(=O)c1ccc([N+](=O)[O-])cc1. The van der Waals surface area contributed by atoms with Crippen molar-refractivity contribution in [2.24, 2.45) is 5.92 Å². The molecule has 1 amide bonds. The number of amides is 1. The number of nitro groups is 1. The van der Waals surface area contributed by atoms with Gasteiger partial charge in [0, 0.05) is 25.2 Å². The summed E-state index contributed by atoms with van der Waals surface area (Å²) in [5, 5.41) is 24.8. The molecular formula is C25H35N3O7S. The largest absolute Gasteiger partial charge is 0.444 e. The molecule has 36 heavy (non-hydrogen) atoms. The lowest BCUT2D eigenvalue weighted by Gasteiger charge is -2.31. The van der Waals surface area contributed by atoms with E-state index in [1.165, 1.54) is 12.1 Å². The first-order valence-corrected chi connectivity index (χ1v) is 13.1. The van der Waals surface area contributed by atoms with Crippen LogP contribution in [0.15, 0.2) is 59.5 Å². The van der Waals surface area contributed by atoms with Crippen LogP contribution < -0.4 is 5.32 Å². The quantitative estimate of drug-likeness (QED) is 0.339. The molecule has 2 aromatic rings. The number of ether oxygens (including phenoxy) is 1. The molecule has 2 aromatic carbocycles. The summed E-state index contributed by atoms with van der Waals surface area (Å²) in [5.41, 5.74) is -0.143. The van der Waals surface area contributed by atoms with Crippen molar-refractivity contribution < 1.29 is 28.0 Å². The zero-order valence-electron chi connectivity index (χ0n) is 21.2. The van der Waals surface area contributed by atoms with E-state index in [4.69, 9.17) is 4.74 Å². The van der Waals surface area contributed by atoms with Gasteiger partial charge in [-0.1, -0.05) is 44.2 Å². The number of nitro benzene ring substituents is 1. The summed E-state index contributed by atoms with van der Waals surface area (Å²) in [6.45, 7) is 8.63. The van der Waals surface area contributed by atoms with E-state index in [2.05, 4.69) is 5.32 Å². The first kappa shape index (κ1) is 29.2. The maximum atomic E-state index is 13.4. The number of hydrogen-bond acceptors (Lipinski definition) is 7. The Labute approximate surface area is 212 Å². The summed E-state index contributed by atoms with van der Waals surface area (Å²) in [6.07, 6.45) is -1.76. The molecule has 0 spiro atoms. The van der Waals surface area contributed by atoms with E-state index in [0.717, 1.165) is 22.0 Å². The molecule has 0 radical (unpaired) electrons. The third-order valence-corrected chi connectivity index (χ3v) is 6.96. The van der Waals surface area contributed by atoms with E-state index in [-0.39, 0.29) is 36.0 Å². The van der Waals surface area contributed by atoms with Gasteiger partial charge in [0.05, 0.1) is 22.0 Å². The third kappa shape index (κ3) is 8.89. The fraction of sp³-hybridized carbons (Fsp3) is 0.480. The van der Waals surface area contributed by atoms with Crippen LogP contribution in [0, 0.1) is 16.0 Å². The fourth-order valence-corrected chi connectivity index (χ4v) is 5.13. The molecule has 2 N–H and O–H groups in total. The molecule has 0 aliphatic rings. The predicted molar refractivity (Wildman–Crippen MR) is 136 cm³/mol. The van der Waals surface area contributed by atoms with E-state index in [9.17, 15) is 28.4 Å². The van der Waals surface area contributed by atoms with Gasteiger partial charge in [-0.05, 0) is 50.8 Å². The van der Waals surface area contributed by atoms with Gasteiger partial charge in [0.15, 0.2) is 0 Å². The summed E-state index contributed by atoms with van der Waals surface area (Å²) in [5.74, 6) is -0.0728. The second-order valence-corrected chi connectivity index (χ2v) is 11.9. The number of nitrogens with zero attached hydrogens (tertiary/aromatic N) is 2. The molecule has 2 atom stereocenters. The molecule has 0 bridgehead atoms. The number of carbonyl (C=O) groups excluding carboxylic acids is 1. The van der Waals surface area contributed by atoms with Gasteiger partial charge in [-0.15, -0.1) is 0 Å². The molecular weight excluding hydrogens is 486 g/mol. The minimum atomic E-state index is -4.09. The number of sulfonamides is 1. The maximum absolute atomic E-state index is 13.4. The monoisotopic (exact) mass is 521 g/mol. The average Bonchev–Trinajstić information content (AvgIpc) is 2.77. The summed E-state index contributed by atoms with van der Waals surface area (Å²) in [7, 11) is -4.09. The van der Waals surface area contributed by atoms with Crippen molar-refractivity contribution >= 4 is 21.8 Å². The molecule has 0 unspecified atom stereocenters. The molecule has 10 nitrogen and oxygen atoms in total. The van der Waals surface area contributed by atoms with Crippen LogP contribution in [0.25, 0.3) is 0 Å². The molecule has 0 aromatic heterocycles. The predicted octanol–water partition coefficient (Wildman–Crippen LogP) is 3.74.